The Bertz CT molecular complexity index is 732. The fourth-order valence-electron chi connectivity index (χ4n) is 2.04. The van der Waals surface area contributed by atoms with Crippen molar-refractivity contribution in [3.63, 3.8) is 0 Å². The summed E-state index contributed by atoms with van der Waals surface area (Å²) < 4.78 is 1.59. The number of nitrogen functional groups attached to an aromatic ring is 1. The number of carbonyl (C=O) groups is 1. The topological polar surface area (TPSA) is 60.1 Å². The van der Waals surface area contributed by atoms with E-state index in [-0.39, 0.29) is 5.91 Å². The van der Waals surface area contributed by atoms with Crippen LogP contribution in [0, 0.1) is 0 Å². The van der Waals surface area contributed by atoms with Gasteiger partial charge >= 0.3 is 0 Å². The van der Waals surface area contributed by atoms with Crippen LogP contribution in [0.3, 0.4) is 0 Å². The van der Waals surface area contributed by atoms with Crippen LogP contribution in [0.4, 0.5) is 5.69 Å². The Hall–Kier alpha value is -2.75. The minimum Gasteiger partial charge on any atom is -0.398 e. The summed E-state index contributed by atoms with van der Waals surface area (Å²) in [5.41, 5.74) is 9.64. The predicted molar refractivity (Wildman–Crippen MR) is 76.5 cm³/mol. The number of rotatable bonds is 2. The minimum atomic E-state index is -0.223. The van der Waals surface area contributed by atoms with E-state index in [0.717, 1.165) is 10.8 Å². The molecule has 0 aliphatic rings. The third-order valence-electron chi connectivity index (χ3n) is 3.00. The number of hydrogen-bond acceptors (Lipinski definition) is 2. The Morgan fingerprint density at radius 1 is 1.00 bits per heavy atom. The molecule has 0 bridgehead atoms. The molecule has 94 valence electrons. The summed E-state index contributed by atoms with van der Waals surface area (Å²) in [6.45, 7) is 0. The maximum absolute atomic E-state index is 12.2. The first-order valence-electron chi connectivity index (χ1n) is 5.96. The van der Waals surface area contributed by atoms with Crippen LogP contribution in [-0.2, 0) is 0 Å². The molecule has 3 rings (SSSR count). The van der Waals surface area contributed by atoms with Crippen molar-refractivity contribution in [2.24, 2.45) is 0 Å². The zero-order valence-electron chi connectivity index (χ0n) is 10.2. The quantitative estimate of drug-likeness (QED) is 0.688. The van der Waals surface area contributed by atoms with Gasteiger partial charge in [-0.05, 0) is 35.0 Å². The van der Waals surface area contributed by atoms with E-state index in [0.29, 0.717) is 11.3 Å². The molecule has 1 amide bonds. The number of hydrogen-bond donors (Lipinski definition) is 2. The van der Waals surface area contributed by atoms with E-state index in [1.54, 1.807) is 17.1 Å². The van der Waals surface area contributed by atoms with Crippen LogP contribution < -0.4 is 11.2 Å². The van der Waals surface area contributed by atoms with Crippen molar-refractivity contribution in [1.29, 1.82) is 0 Å². The van der Waals surface area contributed by atoms with Gasteiger partial charge in [0.25, 0.3) is 5.91 Å². The lowest BCUT2D eigenvalue weighted by Crippen LogP contribution is -2.22. The highest BCUT2D eigenvalue weighted by molar-refractivity contribution is 6.07. The van der Waals surface area contributed by atoms with Gasteiger partial charge in [-0.15, -0.1) is 0 Å². The van der Waals surface area contributed by atoms with Gasteiger partial charge in [-0.2, -0.15) is 0 Å². The first-order chi connectivity index (χ1) is 9.24. The average molecular weight is 251 g/mol. The van der Waals surface area contributed by atoms with Crippen molar-refractivity contribution in [2.75, 3.05) is 11.2 Å². The lowest BCUT2D eigenvalue weighted by atomic mass is 10.0. The molecule has 1 heterocycles. The molecule has 0 aliphatic carbocycles. The second kappa shape index (κ2) is 4.49. The highest BCUT2D eigenvalue weighted by Gasteiger charge is 2.10. The molecule has 19 heavy (non-hydrogen) atoms. The fraction of sp³-hybridized carbons (Fsp3) is 0. The Morgan fingerprint density at radius 2 is 1.63 bits per heavy atom. The molecule has 4 nitrogen and oxygen atoms in total. The monoisotopic (exact) mass is 251 g/mol. The van der Waals surface area contributed by atoms with Gasteiger partial charge in [0.1, 0.15) is 0 Å². The number of nitrogens with zero attached hydrogens (tertiary/aromatic N) is 1. The second-order valence-corrected chi connectivity index (χ2v) is 4.32. The first kappa shape index (κ1) is 11.3. The van der Waals surface area contributed by atoms with Gasteiger partial charge < -0.3 is 5.73 Å². The molecule has 0 saturated carbocycles. The van der Waals surface area contributed by atoms with Crippen LogP contribution in [0.2, 0.25) is 0 Å². The smallest absolute Gasteiger partial charge is 0.272 e. The molecule has 0 fully saturated rings. The highest BCUT2D eigenvalue weighted by atomic mass is 16.2. The van der Waals surface area contributed by atoms with E-state index < -0.39 is 0 Å². The zero-order valence-corrected chi connectivity index (χ0v) is 10.2. The number of anilines is 1. The maximum Gasteiger partial charge on any atom is 0.272 e. The molecule has 0 atom stereocenters. The molecular formula is C15H13N3O. The van der Waals surface area contributed by atoms with Gasteiger partial charge in [0.05, 0.1) is 5.56 Å². The van der Waals surface area contributed by atoms with Crippen molar-refractivity contribution < 1.29 is 4.79 Å². The predicted octanol–water partition coefficient (Wildman–Crippen LogP) is 2.61. The number of carbonyl (C=O) groups excluding carboxylic acids is 1. The van der Waals surface area contributed by atoms with E-state index in [9.17, 15) is 4.79 Å². The summed E-state index contributed by atoms with van der Waals surface area (Å²) in [4.78, 5) is 12.2. The molecule has 0 radical (unpaired) electrons. The van der Waals surface area contributed by atoms with Gasteiger partial charge in [-0.3, -0.25) is 14.9 Å². The van der Waals surface area contributed by atoms with Crippen LogP contribution in [0.5, 0.6) is 0 Å². The van der Waals surface area contributed by atoms with E-state index >= 15 is 0 Å². The minimum absolute atomic E-state index is 0.223. The molecule has 1 aromatic heterocycles. The number of aromatic nitrogens is 1. The Balaban J connectivity index is 1.99. The molecule has 3 N–H and O–H groups in total. The second-order valence-electron chi connectivity index (χ2n) is 4.32. The number of fused-ring (bicyclic) bond motifs is 1. The van der Waals surface area contributed by atoms with Crippen LogP contribution in [0.25, 0.3) is 10.8 Å². The number of amides is 1. The van der Waals surface area contributed by atoms with Gasteiger partial charge in [0, 0.05) is 18.1 Å². The summed E-state index contributed by atoms with van der Waals surface area (Å²) in [6, 6.07) is 15.1. The summed E-state index contributed by atoms with van der Waals surface area (Å²) >= 11 is 0. The van der Waals surface area contributed by atoms with Gasteiger partial charge in [0.2, 0.25) is 0 Å². The van der Waals surface area contributed by atoms with Gasteiger partial charge in [0.15, 0.2) is 0 Å². The summed E-state index contributed by atoms with van der Waals surface area (Å²) in [5.74, 6) is -0.223. The van der Waals surface area contributed by atoms with Crippen molar-refractivity contribution in [1.82, 2.24) is 4.68 Å². The van der Waals surface area contributed by atoms with Crippen molar-refractivity contribution in [3.8, 4) is 0 Å². The SMILES string of the molecule is Nc1cc2ccccc2cc1C(=O)Nn1cccc1. The number of nitrogens with two attached hydrogens (primary N) is 1. The number of benzene rings is 2. The molecule has 0 unspecified atom stereocenters. The Kier molecular flexibility index (Phi) is 2.68. The third kappa shape index (κ3) is 2.15. The van der Waals surface area contributed by atoms with Gasteiger partial charge in [-0.1, -0.05) is 24.3 Å². The van der Waals surface area contributed by atoms with E-state index in [1.807, 2.05) is 48.5 Å². The van der Waals surface area contributed by atoms with Crippen molar-refractivity contribution in [2.45, 2.75) is 0 Å². The molecule has 0 spiro atoms. The lowest BCUT2D eigenvalue weighted by molar-refractivity contribution is 0.101. The van der Waals surface area contributed by atoms with E-state index in [4.69, 9.17) is 5.73 Å². The number of nitrogens with one attached hydrogen (secondary N) is 1. The summed E-state index contributed by atoms with van der Waals surface area (Å²) in [5, 5.41) is 2.02. The summed E-state index contributed by atoms with van der Waals surface area (Å²) in [7, 11) is 0. The first-order valence-corrected chi connectivity index (χ1v) is 5.96. The van der Waals surface area contributed by atoms with E-state index in [1.165, 1.54) is 0 Å². The lowest BCUT2D eigenvalue weighted by Gasteiger charge is -2.09. The van der Waals surface area contributed by atoms with Crippen molar-refractivity contribution in [3.05, 3.63) is 66.5 Å². The molecule has 3 aromatic rings. The van der Waals surface area contributed by atoms with Crippen LogP contribution in [0.15, 0.2) is 60.9 Å². The average Bonchev–Trinajstić information content (AvgIpc) is 2.90. The Morgan fingerprint density at radius 3 is 2.32 bits per heavy atom. The van der Waals surface area contributed by atoms with Crippen LogP contribution in [-0.4, -0.2) is 10.6 Å². The van der Waals surface area contributed by atoms with E-state index in [2.05, 4.69) is 5.43 Å². The maximum atomic E-state index is 12.2. The molecular weight excluding hydrogens is 238 g/mol. The third-order valence-corrected chi connectivity index (χ3v) is 3.00. The van der Waals surface area contributed by atoms with Crippen LogP contribution in [0.1, 0.15) is 10.4 Å². The Labute approximate surface area is 110 Å². The van der Waals surface area contributed by atoms with Gasteiger partial charge in [-0.25, -0.2) is 0 Å². The molecule has 0 saturated heterocycles. The molecule has 2 aromatic carbocycles. The summed E-state index contributed by atoms with van der Waals surface area (Å²) in [6.07, 6.45) is 3.52. The largest absolute Gasteiger partial charge is 0.398 e. The highest BCUT2D eigenvalue weighted by Crippen LogP contribution is 2.21. The van der Waals surface area contributed by atoms with Crippen LogP contribution >= 0.6 is 0 Å². The molecule has 0 aliphatic heterocycles. The molecule has 4 heteroatoms. The standard InChI is InChI=1S/C15H13N3O/c16-14-10-12-6-2-1-5-11(12)9-13(14)15(19)17-18-7-3-4-8-18/h1-10H,16H2,(H,17,19). The van der Waals surface area contributed by atoms with Crippen molar-refractivity contribution >= 4 is 22.4 Å². The normalized spacial score (nSPS) is 10.5. The zero-order chi connectivity index (χ0) is 13.2. The fourth-order valence-corrected chi connectivity index (χ4v) is 2.04.